The Hall–Kier alpha value is -2.24. The Bertz CT molecular complexity index is 682. The van der Waals surface area contributed by atoms with Crippen LogP contribution in [0.4, 0.5) is 8.78 Å². The van der Waals surface area contributed by atoms with Crippen LogP contribution in [-0.4, -0.2) is 20.9 Å². The van der Waals surface area contributed by atoms with Crippen LogP contribution < -0.4 is 0 Å². The maximum atomic E-state index is 13.8. The van der Waals surface area contributed by atoms with Gasteiger partial charge in [-0.1, -0.05) is 0 Å². The molecule has 0 amide bonds. The fourth-order valence-electron chi connectivity index (χ4n) is 2.58. The normalized spacial score (nSPS) is 17.8. The number of fused-ring (bicyclic) bond motifs is 1. The lowest BCUT2D eigenvalue weighted by atomic mass is 9.92. The number of rotatable bonds is 2. The summed E-state index contributed by atoms with van der Waals surface area (Å²) in [5.74, 6) is -2.65. The van der Waals surface area contributed by atoms with Gasteiger partial charge in [0, 0.05) is 35.9 Å². The Morgan fingerprint density at radius 2 is 2.15 bits per heavy atom. The molecule has 0 aliphatic carbocycles. The summed E-state index contributed by atoms with van der Waals surface area (Å²) < 4.78 is 28.5. The molecule has 1 aromatic carbocycles. The minimum Gasteiger partial charge on any atom is -0.481 e. The molecule has 20 heavy (non-hydrogen) atoms. The molecule has 104 valence electrons. The number of halogens is 2. The molecular weight excluding hydrogens is 266 g/mol. The van der Waals surface area contributed by atoms with Crippen molar-refractivity contribution < 1.29 is 18.7 Å². The Morgan fingerprint density at radius 1 is 1.35 bits per heavy atom. The number of hydrogen-bond donors (Lipinski definition) is 1. The molecule has 4 nitrogen and oxygen atoms in total. The Morgan fingerprint density at radius 3 is 2.85 bits per heavy atom. The van der Waals surface area contributed by atoms with E-state index in [0.29, 0.717) is 30.6 Å². The average molecular weight is 278 g/mol. The van der Waals surface area contributed by atoms with E-state index in [1.54, 1.807) is 4.68 Å². The van der Waals surface area contributed by atoms with Crippen molar-refractivity contribution in [1.29, 1.82) is 0 Å². The molecule has 3 rings (SSSR count). The predicted molar refractivity (Wildman–Crippen MR) is 67.0 cm³/mol. The van der Waals surface area contributed by atoms with Crippen LogP contribution in [0.15, 0.2) is 24.4 Å². The van der Waals surface area contributed by atoms with E-state index in [0.717, 1.165) is 6.07 Å². The zero-order valence-electron chi connectivity index (χ0n) is 10.5. The highest BCUT2D eigenvalue weighted by molar-refractivity contribution is 5.72. The lowest BCUT2D eigenvalue weighted by Gasteiger charge is -2.21. The molecule has 2 aromatic rings. The zero-order valence-corrected chi connectivity index (χ0v) is 10.5. The van der Waals surface area contributed by atoms with Crippen molar-refractivity contribution in [3.8, 4) is 11.1 Å². The van der Waals surface area contributed by atoms with Gasteiger partial charge in [-0.05, 0) is 18.6 Å². The lowest BCUT2D eigenvalue weighted by Crippen LogP contribution is -2.26. The Kier molecular flexibility index (Phi) is 3.00. The topological polar surface area (TPSA) is 55.1 Å². The van der Waals surface area contributed by atoms with Crippen LogP contribution in [0.1, 0.15) is 12.1 Å². The molecule has 0 spiro atoms. The lowest BCUT2D eigenvalue weighted by molar-refractivity contribution is -0.142. The summed E-state index contributed by atoms with van der Waals surface area (Å²) in [7, 11) is 0. The molecule has 0 saturated heterocycles. The first-order chi connectivity index (χ1) is 9.56. The van der Waals surface area contributed by atoms with Gasteiger partial charge in [-0.3, -0.25) is 9.48 Å². The predicted octanol–water partition coefficient (Wildman–Crippen LogP) is 2.48. The minimum absolute atomic E-state index is 0.249. The first-order valence-electron chi connectivity index (χ1n) is 6.29. The number of nitrogens with zero attached hydrogens (tertiary/aromatic N) is 2. The molecule has 1 aliphatic heterocycles. The second-order valence-electron chi connectivity index (χ2n) is 4.88. The third-order valence-corrected chi connectivity index (χ3v) is 3.65. The van der Waals surface area contributed by atoms with Crippen LogP contribution in [-0.2, 0) is 17.8 Å². The van der Waals surface area contributed by atoms with Gasteiger partial charge in [0.15, 0.2) is 0 Å². The molecule has 6 heteroatoms. The van der Waals surface area contributed by atoms with E-state index in [-0.39, 0.29) is 5.56 Å². The summed E-state index contributed by atoms with van der Waals surface area (Å²) in [6.07, 6.45) is 2.33. The molecule has 0 radical (unpaired) electrons. The highest BCUT2D eigenvalue weighted by Gasteiger charge is 2.28. The van der Waals surface area contributed by atoms with Crippen molar-refractivity contribution in [2.24, 2.45) is 5.92 Å². The van der Waals surface area contributed by atoms with Crippen molar-refractivity contribution in [2.75, 3.05) is 0 Å². The van der Waals surface area contributed by atoms with E-state index < -0.39 is 23.5 Å². The number of aliphatic carboxylic acids is 1. The molecule has 1 unspecified atom stereocenters. The van der Waals surface area contributed by atoms with Crippen LogP contribution in [0.3, 0.4) is 0 Å². The smallest absolute Gasteiger partial charge is 0.306 e. The summed E-state index contributed by atoms with van der Waals surface area (Å²) in [5.41, 5.74) is 1.47. The van der Waals surface area contributed by atoms with Crippen LogP contribution in [0, 0.1) is 17.6 Å². The standard InChI is InChI=1S/C14H12F2N2O2/c15-9-1-2-10(12(16)6-9)11-7-17-18-4-3-8(14(19)20)5-13(11)18/h1-2,6-8H,3-5H2,(H,19,20). The fraction of sp³-hybridized carbons (Fsp3) is 0.286. The summed E-state index contributed by atoms with van der Waals surface area (Å²) in [6.45, 7) is 0.495. The first-order valence-corrected chi connectivity index (χ1v) is 6.29. The maximum Gasteiger partial charge on any atom is 0.306 e. The summed E-state index contributed by atoms with van der Waals surface area (Å²) in [5, 5.41) is 13.3. The van der Waals surface area contributed by atoms with Gasteiger partial charge >= 0.3 is 5.97 Å². The van der Waals surface area contributed by atoms with Gasteiger partial charge in [-0.15, -0.1) is 0 Å². The van der Waals surface area contributed by atoms with E-state index in [9.17, 15) is 13.6 Å². The average Bonchev–Trinajstić information content (AvgIpc) is 2.81. The van der Waals surface area contributed by atoms with E-state index in [4.69, 9.17) is 5.11 Å². The van der Waals surface area contributed by atoms with Gasteiger partial charge in [0.05, 0.1) is 12.1 Å². The van der Waals surface area contributed by atoms with Crippen LogP contribution in [0.2, 0.25) is 0 Å². The molecule has 1 aliphatic rings. The third kappa shape index (κ3) is 2.07. The summed E-state index contributed by atoms with van der Waals surface area (Å²) >= 11 is 0. The Balaban J connectivity index is 2.04. The molecule has 2 heterocycles. The van der Waals surface area contributed by atoms with Gasteiger partial charge in [0.2, 0.25) is 0 Å². The molecule has 0 bridgehead atoms. The fourth-order valence-corrected chi connectivity index (χ4v) is 2.58. The maximum absolute atomic E-state index is 13.8. The largest absolute Gasteiger partial charge is 0.481 e. The van der Waals surface area contributed by atoms with E-state index in [2.05, 4.69) is 5.10 Å². The molecular formula is C14H12F2N2O2. The van der Waals surface area contributed by atoms with E-state index >= 15 is 0 Å². The molecule has 1 atom stereocenters. The van der Waals surface area contributed by atoms with E-state index in [1.165, 1.54) is 18.3 Å². The molecule has 1 N–H and O–H groups in total. The SMILES string of the molecule is O=C(O)C1CCn2ncc(-c3ccc(F)cc3F)c2C1. The van der Waals surface area contributed by atoms with Crippen molar-refractivity contribution in [3.05, 3.63) is 41.7 Å². The van der Waals surface area contributed by atoms with E-state index in [1.807, 2.05) is 0 Å². The van der Waals surface area contributed by atoms with Crippen molar-refractivity contribution in [3.63, 3.8) is 0 Å². The quantitative estimate of drug-likeness (QED) is 0.918. The number of hydrogen-bond acceptors (Lipinski definition) is 2. The second-order valence-corrected chi connectivity index (χ2v) is 4.88. The highest BCUT2D eigenvalue weighted by Crippen LogP contribution is 2.31. The van der Waals surface area contributed by atoms with Gasteiger partial charge in [0.25, 0.3) is 0 Å². The monoisotopic (exact) mass is 278 g/mol. The van der Waals surface area contributed by atoms with Crippen molar-refractivity contribution in [2.45, 2.75) is 19.4 Å². The summed E-state index contributed by atoms with van der Waals surface area (Å²) in [4.78, 5) is 11.1. The zero-order chi connectivity index (χ0) is 14.3. The number of benzene rings is 1. The van der Waals surface area contributed by atoms with Gasteiger partial charge in [-0.2, -0.15) is 5.10 Å². The number of carbonyl (C=O) groups is 1. The molecule has 0 saturated carbocycles. The van der Waals surface area contributed by atoms with Crippen molar-refractivity contribution >= 4 is 5.97 Å². The summed E-state index contributed by atoms with van der Waals surface area (Å²) in [6, 6.07) is 3.35. The second kappa shape index (κ2) is 4.70. The van der Waals surface area contributed by atoms with Crippen LogP contribution >= 0.6 is 0 Å². The minimum atomic E-state index is -0.858. The van der Waals surface area contributed by atoms with Gasteiger partial charge < -0.3 is 5.11 Å². The highest BCUT2D eigenvalue weighted by atomic mass is 19.1. The van der Waals surface area contributed by atoms with Gasteiger partial charge in [0.1, 0.15) is 11.6 Å². The number of aryl methyl sites for hydroxylation is 1. The van der Waals surface area contributed by atoms with Gasteiger partial charge in [-0.25, -0.2) is 8.78 Å². The number of aromatic nitrogens is 2. The third-order valence-electron chi connectivity index (χ3n) is 3.65. The van der Waals surface area contributed by atoms with Crippen LogP contribution in [0.25, 0.3) is 11.1 Å². The Labute approximate surface area is 113 Å². The molecule has 1 aromatic heterocycles. The number of carboxylic acids is 1. The number of carboxylic acid groups (broad SMARTS) is 1. The molecule has 0 fully saturated rings. The van der Waals surface area contributed by atoms with Crippen LogP contribution in [0.5, 0.6) is 0 Å². The first kappa shape index (κ1) is 12.8. The van der Waals surface area contributed by atoms with Crippen molar-refractivity contribution in [1.82, 2.24) is 9.78 Å².